The Kier molecular flexibility index (Phi) is 6.60. The molecule has 0 amide bonds. The Morgan fingerprint density at radius 2 is 2.20 bits per heavy atom. The molecule has 0 N–H and O–H groups in total. The van der Waals surface area contributed by atoms with Crippen molar-refractivity contribution in [3.63, 3.8) is 0 Å². The van der Waals surface area contributed by atoms with Crippen LogP contribution in [0.3, 0.4) is 0 Å². The molecule has 0 rings (SSSR count). The molecule has 1 nitrogen and oxygen atoms in total. The fraction of sp³-hybridized carbons (Fsp3) is 0.615. The highest BCUT2D eigenvalue weighted by molar-refractivity contribution is 9.11. The molecule has 2 atom stereocenters. The van der Waals surface area contributed by atoms with Crippen LogP contribution in [0.5, 0.6) is 0 Å². The maximum absolute atomic E-state index is 8.82. The Hall–Kier alpha value is -0.550. The van der Waals surface area contributed by atoms with Crippen molar-refractivity contribution in [2.45, 2.75) is 40.5 Å². The first kappa shape index (κ1) is 14.5. The van der Waals surface area contributed by atoms with Gasteiger partial charge in [-0.05, 0) is 24.7 Å². The molecule has 0 spiro atoms. The van der Waals surface area contributed by atoms with E-state index in [-0.39, 0.29) is 5.41 Å². The molecule has 0 aliphatic rings. The van der Waals surface area contributed by atoms with Gasteiger partial charge in [0.1, 0.15) is 0 Å². The molecule has 84 valence electrons. The normalized spacial score (nSPS) is 18.5. The SMILES string of the molecule is C/C=C\C(Br)=C/C(C)C(C)(CC)CC#N. The molecule has 2 heteroatoms. The van der Waals surface area contributed by atoms with Gasteiger partial charge in [-0.1, -0.05) is 54.9 Å². The minimum Gasteiger partial charge on any atom is -0.198 e. The second kappa shape index (κ2) is 6.85. The second-order valence-corrected chi connectivity index (χ2v) is 5.10. The third-order valence-electron chi connectivity index (χ3n) is 3.12. The molecule has 15 heavy (non-hydrogen) atoms. The van der Waals surface area contributed by atoms with Crippen LogP contribution in [0.1, 0.15) is 40.5 Å². The summed E-state index contributed by atoms with van der Waals surface area (Å²) < 4.78 is 1.09. The van der Waals surface area contributed by atoms with Crippen LogP contribution < -0.4 is 0 Å². The summed E-state index contributed by atoms with van der Waals surface area (Å²) in [7, 11) is 0. The summed E-state index contributed by atoms with van der Waals surface area (Å²) in [6.45, 7) is 8.48. The Labute approximate surface area is 102 Å². The van der Waals surface area contributed by atoms with Gasteiger partial charge in [0.15, 0.2) is 0 Å². The number of nitrogens with zero attached hydrogens (tertiary/aromatic N) is 1. The average Bonchev–Trinajstić information content (AvgIpc) is 2.18. The lowest BCUT2D eigenvalue weighted by atomic mass is 9.73. The lowest BCUT2D eigenvalue weighted by Crippen LogP contribution is -2.22. The van der Waals surface area contributed by atoms with Crippen molar-refractivity contribution in [2.75, 3.05) is 0 Å². The quantitative estimate of drug-likeness (QED) is 0.658. The van der Waals surface area contributed by atoms with E-state index >= 15 is 0 Å². The Bertz CT molecular complexity index is 285. The molecule has 0 heterocycles. The van der Waals surface area contributed by atoms with Gasteiger partial charge in [-0.15, -0.1) is 0 Å². The number of halogens is 1. The maximum atomic E-state index is 8.82. The molecule has 0 aliphatic carbocycles. The third kappa shape index (κ3) is 4.66. The van der Waals surface area contributed by atoms with Crippen LogP contribution in [-0.4, -0.2) is 0 Å². The smallest absolute Gasteiger partial charge is 0.0627 e. The molecule has 0 aliphatic heterocycles. The van der Waals surface area contributed by atoms with Crippen molar-refractivity contribution in [3.8, 4) is 6.07 Å². The van der Waals surface area contributed by atoms with Gasteiger partial charge < -0.3 is 0 Å². The number of rotatable bonds is 5. The van der Waals surface area contributed by atoms with Gasteiger partial charge in [-0.3, -0.25) is 0 Å². The van der Waals surface area contributed by atoms with Gasteiger partial charge in [0, 0.05) is 10.9 Å². The third-order valence-corrected chi connectivity index (χ3v) is 3.65. The number of hydrogen-bond donors (Lipinski definition) is 0. The summed E-state index contributed by atoms with van der Waals surface area (Å²) in [5, 5.41) is 8.82. The van der Waals surface area contributed by atoms with Gasteiger partial charge in [0.2, 0.25) is 0 Å². The topological polar surface area (TPSA) is 23.8 Å². The van der Waals surface area contributed by atoms with Crippen molar-refractivity contribution < 1.29 is 0 Å². The van der Waals surface area contributed by atoms with E-state index in [9.17, 15) is 0 Å². The first-order chi connectivity index (χ1) is 7.00. The monoisotopic (exact) mass is 269 g/mol. The summed E-state index contributed by atoms with van der Waals surface area (Å²) in [5.41, 5.74) is 0.0787. The van der Waals surface area contributed by atoms with Crippen LogP contribution in [0.2, 0.25) is 0 Å². The molecular formula is C13H20BrN. The van der Waals surface area contributed by atoms with Gasteiger partial charge in [-0.25, -0.2) is 0 Å². The molecule has 0 saturated heterocycles. The summed E-state index contributed by atoms with van der Waals surface area (Å²) in [6, 6.07) is 2.28. The van der Waals surface area contributed by atoms with E-state index in [4.69, 9.17) is 5.26 Å². The lowest BCUT2D eigenvalue weighted by Gasteiger charge is -2.30. The number of hydrogen-bond acceptors (Lipinski definition) is 1. The predicted molar refractivity (Wildman–Crippen MR) is 69.6 cm³/mol. The van der Waals surface area contributed by atoms with E-state index in [1.165, 1.54) is 0 Å². The van der Waals surface area contributed by atoms with Crippen molar-refractivity contribution >= 4 is 15.9 Å². The number of allylic oxidation sites excluding steroid dienone is 4. The van der Waals surface area contributed by atoms with E-state index < -0.39 is 0 Å². The highest BCUT2D eigenvalue weighted by Crippen LogP contribution is 2.36. The van der Waals surface area contributed by atoms with Crippen molar-refractivity contribution in [1.82, 2.24) is 0 Å². The molecule has 0 saturated carbocycles. The highest BCUT2D eigenvalue weighted by atomic mass is 79.9. The molecule has 0 fully saturated rings. The predicted octanol–water partition coefficient (Wildman–Crippen LogP) is 4.81. The first-order valence-corrected chi connectivity index (χ1v) is 6.16. The van der Waals surface area contributed by atoms with E-state index in [0.717, 1.165) is 10.9 Å². The molecular weight excluding hydrogens is 250 g/mol. The molecule has 0 radical (unpaired) electrons. The van der Waals surface area contributed by atoms with Crippen molar-refractivity contribution in [3.05, 3.63) is 22.7 Å². The maximum Gasteiger partial charge on any atom is 0.0627 e. The van der Waals surface area contributed by atoms with Gasteiger partial charge in [-0.2, -0.15) is 5.26 Å². The van der Waals surface area contributed by atoms with Crippen LogP contribution >= 0.6 is 15.9 Å². The molecule has 2 unspecified atom stereocenters. The van der Waals surface area contributed by atoms with Gasteiger partial charge in [0.05, 0.1) is 6.07 Å². The van der Waals surface area contributed by atoms with E-state index in [1.807, 2.05) is 19.1 Å². The molecule has 0 aromatic rings. The largest absolute Gasteiger partial charge is 0.198 e. The van der Waals surface area contributed by atoms with E-state index in [0.29, 0.717) is 12.3 Å². The Morgan fingerprint density at radius 3 is 2.60 bits per heavy atom. The van der Waals surface area contributed by atoms with Crippen molar-refractivity contribution in [1.29, 1.82) is 5.26 Å². The fourth-order valence-corrected chi connectivity index (χ4v) is 2.10. The number of nitriles is 1. The summed E-state index contributed by atoms with van der Waals surface area (Å²) in [4.78, 5) is 0. The zero-order chi connectivity index (χ0) is 11.9. The van der Waals surface area contributed by atoms with E-state index in [2.05, 4.69) is 48.8 Å². The van der Waals surface area contributed by atoms with Crippen LogP contribution in [0.4, 0.5) is 0 Å². The van der Waals surface area contributed by atoms with Crippen LogP contribution in [0.25, 0.3) is 0 Å². The van der Waals surface area contributed by atoms with Crippen LogP contribution in [-0.2, 0) is 0 Å². The second-order valence-electron chi connectivity index (χ2n) is 4.18. The molecule has 0 aromatic carbocycles. The van der Waals surface area contributed by atoms with Crippen LogP contribution in [0.15, 0.2) is 22.7 Å². The summed E-state index contributed by atoms with van der Waals surface area (Å²) >= 11 is 3.50. The van der Waals surface area contributed by atoms with Crippen molar-refractivity contribution in [2.24, 2.45) is 11.3 Å². The zero-order valence-electron chi connectivity index (χ0n) is 10.0. The van der Waals surface area contributed by atoms with E-state index in [1.54, 1.807) is 0 Å². The molecule has 0 bridgehead atoms. The Balaban J connectivity index is 4.74. The minimum atomic E-state index is 0.0787. The standard InChI is InChI=1S/C13H20BrN/c1-5-7-12(14)10-11(3)13(4,6-2)8-9-15/h5,7,10-11H,6,8H2,1-4H3/b7-5-,12-10+. The highest BCUT2D eigenvalue weighted by Gasteiger charge is 2.27. The van der Waals surface area contributed by atoms with Gasteiger partial charge in [0.25, 0.3) is 0 Å². The summed E-state index contributed by atoms with van der Waals surface area (Å²) in [6.07, 6.45) is 7.84. The van der Waals surface area contributed by atoms with Crippen LogP contribution in [0, 0.1) is 22.7 Å². The fourth-order valence-electron chi connectivity index (χ4n) is 1.44. The van der Waals surface area contributed by atoms with Gasteiger partial charge >= 0.3 is 0 Å². The lowest BCUT2D eigenvalue weighted by molar-refractivity contribution is 0.239. The zero-order valence-corrected chi connectivity index (χ0v) is 11.6. The molecule has 0 aromatic heterocycles. The first-order valence-electron chi connectivity index (χ1n) is 5.37. The minimum absolute atomic E-state index is 0.0787. The average molecular weight is 270 g/mol. The Morgan fingerprint density at radius 1 is 1.60 bits per heavy atom. The summed E-state index contributed by atoms with van der Waals surface area (Å²) in [5.74, 6) is 0.396.